The van der Waals surface area contributed by atoms with E-state index >= 15 is 0 Å². The molecule has 0 fully saturated rings. The van der Waals surface area contributed by atoms with E-state index in [2.05, 4.69) is 4.98 Å². The van der Waals surface area contributed by atoms with Gasteiger partial charge in [-0.1, -0.05) is 30.3 Å². The van der Waals surface area contributed by atoms with Crippen LogP contribution in [0.25, 0.3) is 0 Å². The van der Waals surface area contributed by atoms with Crippen molar-refractivity contribution in [1.82, 2.24) is 9.55 Å². The standard InChI is InChI=1S/C20H20N2O4/c1-25-18-9-8-15(10-19(18)26-2)17(23)11-16-12-21-20(24)22(16)13-14-6-4-3-5-7-14/h3-10,12H,11,13H2,1-2H3,(H,21,24). The van der Waals surface area contributed by atoms with Gasteiger partial charge >= 0.3 is 5.69 Å². The Labute approximate surface area is 151 Å². The molecular formula is C20H20N2O4. The van der Waals surface area contributed by atoms with Crippen LogP contribution in [0.4, 0.5) is 0 Å². The molecule has 2 aromatic carbocycles. The number of benzene rings is 2. The zero-order valence-electron chi connectivity index (χ0n) is 14.7. The summed E-state index contributed by atoms with van der Waals surface area (Å²) in [7, 11) is 3.07. The van der Waals surface area contributed by atoms with Gasteiger partial charge in [-0.15, -0.1) is 0 Å². The maximum absolute atomic E-state index is 12.7. The van der Waals surface area contributed by atoms with Gasteiger partial charge in [0.25, 0.3) is 0 Å². The van der Waals surface area contributed by atoms with E-state index in [4.69, 9.17) is 9.47 Å². The van der Waals surface area contributed by atoms with Crippen LogP contribution in [0.1, 0.15) is 21.6 Å². The van der Waals surface area contributed by atoms with Crippen LogP contribution >= 0.6 is 0 Å². The molecular weight excluding hydrogens is 332 g/mol. The van der Waals surface area contributed by atoms with E-state index in [1.54, 1.807) is 36.1 Å². The summed E-state index contributed by atoms with van der Waals surface area (Å²) in [5, 5.41) is 0. The molecule has 0 aliphatic carbocycles. The minimum Gasteiger partial charge on any atom is -0.493 e. The molecule has 6 nitrogen and oxygen atoms in total. The number of hydrogen-bond donors (Lipinski definition) is 1. The first kappa shape index (κ1) is 17.5. The van der Waals surface area contributed by atoms with Crippen LogP contribution in [-0.4, -0.2) is 29.6 Å². The maximum atomic E-state index is 12.7. The second-order valence-corrected chi connectivity index (χ2v) is 5.83. The molecule has 26 heavy (non-hydrogen) atoms. The van der Waals surface area contributed by atoms with Crippen LogP contribution in [-0.2, 0) is 13.0 Å². The fourth-order valence-corrected chi connectivity index (χ4v) is 2.79. The molecule has 3 aromatic rings. The minimum atomic E-state index is -0.232. The Morgan fingerprint density at radius 1 is 1.04 bits per heavy atom. The molecule has 0 aliphatic heterocycles. The van der Waals surface area contributed by atoms with Crippen LogP contribution in [0, 0.1) is 0 Å². The van der Waals surface area contributed by atoms with E-state index < -0.39 is 0 Å². The molecule has 1 N–H and O–H groups in total. The summed E-state index contributed by atoms with van der Waals surface area (Å²) in [5.41, 5.74) is 1.90. The number of H-pyrrole nitrogens is 1. The molecule has 0 radical (unpaired) electrons. The minimum absolute atomic E-state index is 0.105. The van der Waals surface area contributed by atoms with E-state index in [0.717, 1.165) is 5.56 Å². The molecule has 0 amide bonds. The number of hydrogen-bond acceptors (Lipinski definition) is 4. The summed E-state index contributed by atoms with van der Waals surface area (Å²) in [6.45, 7) is 0.414. The zero-order valence-corrected chi connectivity index (χ0v) is 14.7. The first-order valence-electron chi connectivity index (χ1n) is 8.18. The summed E-state index contributed by atoms with van der Waals surface area (Å²) in [5.74, 6) is 0.951. The van der Waals surface area contributed by atoms with Crippen LogP contribution in [0.2, 0.25) is 0 Å². The number of aromatic amines is 1. The van der Waals surface area contributed by atoms with Gasteiger partial charge in [0.1, 0.15) is 0 Å². The van der Waals surface area contributed by atoms with E-state index in [0.29, 0.717) is 29.3 Å². The number of rotatable bonds is 7. The third kappa shape index (κ3) is 3.69. The highest BCUT2D eigenvalue weighted by atomic mass is 16.5. The summed E-state index contributed by atoms with van der Waals surface area (Å²) < 4.78 is 12.0. The average molecular weight is 352 g/mol. The molecule has 0 unspecified atom stereocenters. The number of methoxy groups -OCH3 is 2. The quantitative estimate of drug-likeness (QED) is 0.664. The SMILES string of the molecule is COc1ccc(C(=O)Cc2c[nH]c(=O)n2Cc2ccccc2)cc1OC. The fraction of sp³-hybridized carbons (Fsp3) is 0.200. The van der Waals surface area contributed by atoms with Gasteiger partial charge in [-0.05, 0) is 23.8 Å². The van der Waals surface area contributed by atoms with Crippen LogP contribution in [0.15, 0.2) is 59.5 Å². The van der Waals surface area contributed by atoms with Crippen LogP contribution in [0.5, 0.6) is 11.5 Å². The maximum Gasteiger partial charge on any atom is 0.326 e. The van der Waals surface area contributed by atoms with Gasteiger partial charge in [0, 0.05) is 17.5 Å². The van der Waals surface area contributed by atoms with Gasteiger partial charge in [0.2, 0.25) is 0 Å². The highest BCUT2D eigenvalue weighted by molar-refractivity contribution is 5.97. The van der Waals surface area contributed by atoms with Gasteiger partial charge in [0.05, 0.1) is 27.2 Å². The molecule has 0 saturated carbocycles. The highest BCUT2D eigenvalue weighted by Crippen LogP contribution is 2.28. The summed E-state index contributed by atoms with van der Waals surface area (Å²) >= 11 is 0. The van der Waals surface area contributed by atoms with Crippen molar-refractivity contribution < 1.29 is 14.3 Å². The van der Waals surface area contributed by atoms with Crippen molar-refractivity contribution in [2.45, 2.75) is 13.0 Å². The monoisotopic (exact) mass is 352 g/mol. The third-order valence-electron chi connectivity index (χ3n) is 4.18. The number of nitrogens with zero attached hydrogens (tertiary/aromatic N) is 1. The van der Waals surface area contributed by atoms with Crippen molar-refractivity contribution in [3.63, 3.8) is 0 Å². The Balaban J connectivity index is 1.83. The molecule has 6 heteroatoms. The Kier molecular flexibility index (Phi) is 5.22. The number of imidazole rings is 1. The second-order valence-electron chi connectivity index (χ2n) is 5.83. The van der Waals surface area contributed by atoms with E-state index in [1.165, 1.54) is 7.11 Å². The Morgan fingerprint density at radius 2 is 1.77 bits per heavy atom. The number of ketones is 1. The fourth-order valence-electron chi connectivity index (χ4n) is 2.79. The summed E-state index contributed by atoms with van der Waals surface area (Å²) in [6.07, 6.45) is 1.70. The third-order valence-corrected chi connectivity index (χ3v) is 4.18. The largest absolute Gasteiger partial charge is 0.493 e. The molecule has 0 spiro atoms. The van der Waals surface area contributed by atoms with Crippen molar-refractivity contribution in [2.24, 2.45) is 0 Å². The van der Waals surface area contributed by atoms with Crippen molar-refractivity contribution in [3.05, 3.63) is 82.0 Å². The first-order valence-corrected chi connectivity index (χ1v) is 8.18. The van der Waals surface area contributed by atoms with Gasteiger partial charge < -0.3 is 14.5 Å². The Bertz CT molecular complexity index is 957. The lowest BCUT2D eigenvalue weighted by atomic mass is 10.1. The molecule has 134 valence electrons. The lowest BCUT2D eigenvalue weighted by Gasteiger charge is -2.10. The second kappa shape index (κ2) is 7.74. The summed E-state index contributed by atoms with van der Waals surface area (Å²) in [4.78, 5) is 27.4. The van der Waals surface area contributed by atoms with Crippen LogP contribution < -0.4 is 15.2 Å². The average Bonchev–Trinajstić information content (AvgIpc) is 3.01. The van der Waals surface area contributed by atoms with Crippen LogP contribution in [0.3, 0.4) is 0 Å². The van der Waals surface area contributed by atoms with Gasteiger partial charge in [-0.2, -0.15) is 0 Å². The predicted molar refractivity (Wildman–Crippen MR) is 98.2 cm³/mol. The van der Waals surface area contributed by atoms with E-state index in [9.17, 15) is 9.59 Å². The number of aromatic nitrogens is 2. The van der Waals surface area contributed by atoms with E-state index in [-0.39, 0.29) is 17.9 Å². The lowest BCUT2D eigenvalue weighted by molar-refractivity contribution is 0.0990. The number of carbonyl (C=O) groups is 1. The predicted octanol–water partition coefficient (Wildman–Crippen LogP) is 2.67. The highest BCUT2D eigenvalue weighted by Gasteiger charge is 2.15. The number of ether oxygens (including phenoxy) is 2. The molecule has 1 aromatic heterocycles. The van der Waals surface area contributed by atoms with Crippen molar-refractivity contribution in [3.8, 4) is 11.5 Å². The molecule has 0 saturated heterocycles. The van der Waals surface area contributed by atoms with Gasteiger partial charge in [-0.3, -0.25) is 9.36 Å². The molecule has 1 heterocycles. The molecule has 0 aliphatic rings. The zero-order chi connectivity index (χ0) is 18.5. The topological polar surface area (TPSA) is 73.3 Å². The summed E-state index contributed by atoms with van der Waals surface area (Å²) in [6, 6.07) is 14.7. The van der Waals surface area contributed by atoms with E-state index in [1.807, 2.05) is 30.3 Å². The van der Waals surface area contributed by atoms with Gasteiger partial charge in [0.15, 0.2) is 17.3 Å². The van der Waals surface area contributed by atoms with Crippen molar-refractivity contribution in [2.75, 3.05) is 14.2 Å². The smallest absolute Gasteiger partial charge is 0.326 e. The molecule has 3 rings (SSSR count). The Hall–Kier alpha value is -3.28. The van der Waals surface area contributed by atoms with Crippen molar-refractivity contribution >= 4 is 5.78 Å². The lowest BCUT2D eigenvalue weighted by Crippen LogP contribution is -2.21. The molecule has 0 bridgehead atoms. The number of nitrogens with one attached hydrogen (secondary N) is 1. The van der Waals surface area contributed by atoms with Gasteiger partial charge in [-0.25, -0.2) is 4.79 Å². The molecule has 0 atom stereocenters. The number of Topliss-reactive ketones (excluding diaryl/α,β-unsaturated/α-hetero) is 1. The number of carbonyl (C=O) groups excluding carboxylic acids is 1. The Morgan fingerprint density at radius 3 is 2.46 bits per heavy atom. The first-order chi connectivity index (χ1) is 12.6. The van der Waals surface area contributed by atoms with Crippen molar-refractivity contribution in [1.29, 1.82) is 0 Å². The normalized spacial score (nSPS) is 10.5.